The average molecular weight is 438 g/mol. The molecule has 1 spiro atoms. The fourth-order valence-corrected chi connectivity index (χ4v) is 4.46. The molecule has 4 rings (SSSR count). The van der Waals surface area contributed by atoms with Gasteiger partial charge >= 0.3 is 12.1 Å². The Balaban J connectivity index is 0.000000339. The van der Waals surface area contributed by atoms with Gasteiger partial charge < -0.3 is 14.4 Å². The molecule has 1 aromatic heterocycles. The fourth-order valence-electron chi connectivity index (χ4n) is 4.46. The number of likely N-dealkylation sites (tertiary alicyclic amines) is 2. The summed E-state index contributed by atoms with van der Waals surface area (Å²) in [6, 6.07) is 14.7. The fraction of sp³-hybridized carbons (Fsp3) is 0.455. The number of carbonyl (C=O) groups excluding carboxylic acids is 1. The molecule has 0 aliphatic carbocycles. The molecule has 1 amide bonds. The Morgan fingerprint density at radius 2 is 1.74 bits per heavy atom. The van der Waals surface area contributed by atoms with Crippen molar-refractivity contribution in [2.24, 2.45) is 5.41 Å². The zero-order chi connectivity index (χ0) is 22.8. The van der Waals surface area contributed by atoms with Crippen LogP contribution in [0.1, 0.15) is 36.0 Å². The van der Waals surface area contributed by atoms with Crippen LogP contribution in [-0.4, -0.2) is 53.1 Å². The van der Waals surface area contributed by atoms with Gasteiger partial charge in [0.05, 0.1) is 18.0 Å². The number of alkyl halides is 3. The molecule has 1 unspecified atom stereocenters. The molecule has 1 aromatic carbocycles. The number of piperidine rings is 1. The molecule has 168 valence electrons. The van der Waals surface area contributed by atoms with Crippen molar-refractivity contribution in [1.82, 2.24) is 9.80 Å². The highest BCUT2D eigenvalue weighted by molar-refractivity contribution is 5.90. The first-order valence-corrected chi connectivity index (χ1v) is 9.94. The number of halogens is 3. The zero-order valence-corrected chi connectivity index (χ0v) is 17.4. The summed E-state index contributed by atoms with van der Waals surface area (Å²) in [5, 5.41) is 7.12. The van der Waals surface area contributed by atoms with Crippen LogP contribution in [0.3, 0.4) is 0 Å². The molecule has 31 heavy (non-hydrogen) atoms. The predicted octanol–water partition coefficient (Wildman–Crippen LogP) is 4.02. The van der Waals surface area contributed by atoms with Crippen molar-refractivity contribution in [2.75, 3.05) is 20.1 Å². The molecule has 3 heterocycles. The van der Waals surface area contributed by atoms with Crippen LogP contribution < -0.4 is 0 Å². The molecule has 6 nitrogen and oxygen atoms in total. The van der Waals surface area contributed by atoms with Gasteiger partial charge in [-0.1, -0.05) is 30.3 Å². The van der Waals surface area contributed by atoms with Gasteiger partial charge in [0.15, 0.2) is 0 Å². The van der Waals surface area contributed by atoms with E-state index in [1.165, 1.54) is 5.56 Å². The number of β-lactam (4-membered cyclic amide) rings is 1. The lowest BCUT2D eigenvalue weighted by Crippen LogP contribution is -2.64. The minimum Gasteiger partial charge on any atom is -0.475 e. The van der Waals surface area contributed by atoms with Gasteiger partial charge in [-0.15, -0.1) is 0 Å². The van der Waals surface area contributed by atoms with Crippen molar-refractivity contribution >= 4 is 11.9 Å². The Kier molecular flexibility index (Phi) is 6.45. The number of benzene rings is 1. The number of carboxylic acids is 1. The molecule has 1 atom stereocenters. The molecule has 1 N–H and O–H groups in total. The topological polar surface area (TPSA) is 74.0 Å². The summed E-state index contributed by atoms with van der Waals surface area (Å²) in [6.07, 6.45) is -3.23. The minimum absolute atomic E-state index is 0.203. The lowest BCUT2D eigenvalue weighted by atomic mass is 9.62. The summed E-state index contributed by atoms with van der Waals surface area (Å²) >= 11 is 0. The van der Waals surface area contributed by atoms with Gasteiger partial charge in [0.25, 0.3) is 0 Å². The van der Waals surface area contributed by atoms with Crippen LogP contribution >= 0.6 is 0 Å². The molecule has 0 bridgehead atoms. The summed E-state index contributed by atoms with van der Waals surface area (Å²) < 4.78 is 37.4. The number of nitrogens with zero attached hydrogens (tertiary/aromatic N) is 2. The van der Waals surface area contributed by atoms with E-state index in [4.69, 9.17) is 14.3 Å². The highest BCUT2D eigenvalue weighted by Crippen LogP contribution is 2.55. The average Bonchev–Trinajstić information content (AvgIpc) is 3.14. The van der Waals surface area contributed by atoms with Gasteiger partial charge in [0.1, 0.15) is 11.5 Å². The third-order valence-electron chi connectivity index (χ3n) is 5.94. The van der Waals surface area contributed by atoms with Crippen molar-refractivity contribution in [2.45, 2.75) is 38.5 Å². The Bertz CT molecular complexity index is 918. The monoisotopic (exact) mass is 438 g/mol. The van der Waals surface area contributed by atoms with E-state index >= 15 is 0 Å². The van der Waals surface area contributed by atoms with E-state index in [-0.39, 0.29) is 11.5 Å². The second-order valence-corrected chi connectivity index (χ2v) is 7.98. The van der Waals surface area contributed by atoms with E-state index < -0.39 is 12.1 Å². The van der Waals surface area contributed by atoms with Gasteiger partial charge in [0.2, 0.25) is 5.91 Å². The van der Waals surface area contributed by atoms with Gasteiger partial charge in [-0.2, -0.15) is 13.2 Å². The first kappa shape index (κ1) is 22.9. The van der Waals surface area contributed by atoms with Crippen molar-refractivity contribution in [3.8, 4) is 0 Å². The highest BCUT2D eigenvalue weighted by atomic mass is 19.4. The minimum atomic E-state index is -5.08. The van der Waals surface area contributed by atoms with E-state index in [2.05, 4.69) is 35.2 Å². The molecule has 2 aliphatic heterocycles. The number of aliphatic carboxylic acids is 1. The molecule has 0 radical (unpaired) electrons. The van der Waals surface area contributed by atoms with Crippen LogP contribution in [0.5, 0.6) is 0 Å². The van der Waals surface area contributed by atoms with E-state index in [1.54, 1.807) is 0 Å². The third-order valence-corrected chi connectivity index (χ3v) is 5.94. The smallest absolute Gasteiger partial charge is 0.475 e. The first-order chi connectivity index (χ1) is 14.5. The molecule has 0 saturated carbocycles. The van der Waals surface area contributed by atoms with Crippen LogP contribution in [0, 0.1) is 12.3 Å². The van der Waals surface area contributed by atoms with Crippen LogP contribution in [-0.2, 0) is 16.1 Å². The van der Waals surface area contributed by atoms with Gasteiger partial charge in [-0.05, 0) is 50.6 Å². The molecular formula is C22H25F3N2O4. The van der Waals surface area contributed by atoms with E-state index in [1.807, 2.05) is 31.0 Å². The maximum absolute atomic E-state index is 12.7. The molecule has 9 heteroatoms. The van der Waals surface area contributed by atoms with Crippen molar-refractivity contribution < 1.29 is 32.3 Å². The van der Waals surface area contributed by atoms with E-state index in [0.717, 1.165) is 44.0 Å². The number of carbonyl (C=O) groups is 2. The number of hydrogen-bond acceptors (Lipinski definition) is 4. The summed E-state index contributed by atoms with van der Waals surface area (Å²) in [5.41, 5.74) is 1.06. The van der Waals surface area contributed by atoms with Crippen LogP contribution in [0.15, 0.2) is 46.9 Å². The quantitative estimate of drug-likeness (QED) is 0.733. The third kappa shape index (κ3) is 4.76. The van der Waals surface area contributed by atoms with Crippen molar-refractivity contribution in [3.05, 3.63) is 59.5 Å². The van der Waals surface area contributed by atoms with Crippen LogP contribution in [0.25, 0.3) is 0 Å². The molecular weight excluding hydrogens is 413 g/mol. The molecule has 2 saturated heterocycles. The summed E-state index contributed by atoms with van der Waals surface area (Å²) in [5.74, 6) is -0.476. The van der Waals surface area contributed by atoms with Gasteiger partial charge in [0, 0.05) is 7.05 Å². The van der Waals surface area contributed by atoms with Crippen LogP contribution in [0.2, 0.25) is 0 Å². The Labute approximate surface area is 178 Å². The number of carboxylic acid groups (broad SMARTS) is 1. The van der Waals surface area contributed by atoms with E-state index in [9.17, 15) is 18.0 Å². The number of rotatable bonds is 3. The lowest BCUT2D eigenvalue weighted by Gasteiger charge is -2.58. The largest absolute Gasteiger partial charge is 0.490 e. The Morgan fingerprint density at radius 1 is 1.16 bits per heavy atom. The predicted molar refractivity (Wildman–Crippen MR) is 106 cm³/mol. The second-order valence-electron chi connectivity index (χ2n) is 7.98. The van der Waals surface area contributed by atoms with Crippen molar-refractivity contribution in [1.29, 1.82) is 0 Å². The Hall–Kier alpha value is -2.81. The number of furan rings is 1. The molecule has 2 aromatic rings. The van der Waals surface area contributed by atoms with Crippen LogP contribution in [0.4, 0.5) is 13.2 Å². The van der Waals surface area contributed by atoms with Gasteiger partial charge in [-0.3, -0.25) is 9.69 Å². The zero-order valence-electron chi connectivity index (χ0n) is 17.4. The highest BCUT2D eigenvalue weighted by Gasteiger charge is 2.59. The summed E-state index contributed by atoms with van der Waals surface area (Å²) in [4.78, 5) is 25.9. The SMILES string of the molecule is Cc1ccc(CN2CCC3(CC2)C(=O)N(C)C3c2ccccc2)o1.O=C(O)C(F)(F)F. The maximum atomic E-state index is 12.7. The first-order valence-electron chi connectivity index (χ1n) is 9.94. The van der Waals surface area contributed by atoms with Gasteiger partial charge in [-0.25, -0.2) is 4.79 Å². The van der Waals surface area contributed by atoms with E-state index in [0.29, 0.717) is 5.91 Å². The summed E-state index contributed by atoms with van der Waals surface area (Å²) in [7, 11) is 1.93. The standard InChI is InChI=1S/C20H24N2O2.C2HF3O2/c1-15-8-9-17(24-15)14-22-12-10-20(11-13-22)18(21(2)19(20)23)16-6-4-3-5-7-16;3-2(4,5)1(6)7/h3-9,18H,10-14H2,1-2H3;(H,6,7). The molecule has 2 fully saturated rings. The summed E-state index contributed by atoms with van der Waals surface area (Å²) in [6.45, 7) is 4.71. The van der Waals surface area contributed by atoms with Crippen molar-refractivity contribution in [3.63, 3.8) is 0 Å². The second kappa shape index (κ2) is 8.74. The lowest BCUT2D eigenvalue weighted by molar-refractivity contribution is -0.192. The maximum Gasteiger partial charge on any atom is 0.490 e. The Morgan fingerprint density at radius 3 is 2.23 bits per heavy atom. The molecule has 2 aliphatic rings. The number of amides is 1. The normalized spacial score (nSPS) is 20.7. The number of hydrogen-bond donors (Lipinski definition) is 1. The number of aryl methyl sites for hydroxylation is 1.